The van der Waals surface area contributed by atoms with Gasteiger partial charge in [0.15, 0.2) is 0 Å². The molecule has 0 spiro atoms. The Morgan fingerprint density at radius 2 is 2.00 bits per heavy atom. The minimum atomic E-state index is 0.507. The zero-order valence-electron chi connectivity index (χ0n) is 11.1. The second-order valence-electron chi connectivity index (χ2n) is 5.32. The summed E-state index contributed by atoms with van der Waals surface area (Å²) in [4.78, 5) is 0. The summed E-state index contributed by atoms with van der Waals surface area (Å²) in [6.07, 6.45) is 2.41. The minimum absolute atomic E-state index is 0.507. The molecule has 2 unspecified atom stereocenters. The van der Waals surface area contributed by atoms with Crippen molar-refractivity contribution in [2.24, 2.45) is 5.92 Å². The number of hydrogen-bond donors (Lipinski definition) is 1. The molecule has 1 aliphatic heterocycles. The Labute approximate surface area is 109 Å². The molecule has 1 nitrogen and oxygen atoms in total. The molecule has 1 aromatic carbocycles. The molecule has 0 amide bonds. The molecule has 1 heterocycles. The largest absolute Gasteiger partial charge is 0.298 e. The van der Waals surface area contributed by atoms with Crippen LogP contribution in [0.15, 0.2) is 24.3 Å². The highest BCUT2D eigenvalue weighted by Crippen LogP contribution is 2.33. The lowest BCUT2D eigenvalue weighted by molar-refractivity contribution is 0.561. The van der Waals surface area contributed by atoms with Gasteiger partial charge in [-0.1, -0.05) is 45.0 Å². The molecule has 1 aliphatic rings. The predicted octanol–water partition coefficient (Wildman–Crippen LogP) is 4.00. The van der Waals surface area contributed by atoms with Crippen molar-refractivity contribution in [1.82, 2.24) is 5.32 Å². The molecule has 0 aromatic heterocycles. The van der Waals surface area contributed by atoms with Gasteiger partial charge in [0.05, 0.1) is 5.37 Å². The van der Waals surface area contributed by atoms with E-state index in [9.17, 15) is 0 Å². The van der Waals surface area contributed by atoms with Crippen molar-refractivity contribution in [2.45, 2.75) is 45.0 Å². The number of nitrogens with one attached hydrogen (secondary N) is 1. The molecule has 17 heavy (non-hydrogen) atoms. The van der Waals surface area contributed by atoms with Crippen LogP contribution in [0.25, 0.3) is 0 Å². The SMILES string of the molecule is CCC1CSC(c2ccc(CC(C)C)cc2)N1. The van der Waals surface area contributed by atoms with Gasteiger partial charge in [-0.2, -0.15) is 0 Å². The molecule has 94 valence electrons. The van der Waals surface area contributed by atoms with Crippen LogP contribution >= 0.6 is 11.8 Å². The Balaban J connectivity index is 1.98. The van der Waals surface area contributed by atoms with Gasteiger partial charge in [-0.3, -0.25) is 5.32 Å². The number of hydrogen-bond acceptors (Lipinski definition) is 2. The monoisotopic (exact) mass is 249 g/mol. The topological polar surface area (TPSA) is 12.0 Å². The summed E-state index contributed by atoms with van der Waals surface area (Å²) >= 11 is 2.04. The van der Waals surface area contributed by atoms with Crippen LogP contribution in [0.4, 0.5) is 0 Å². The summed E-state index contributed by atoms with van der Waals surface area (Å²) in [5.41, 5.74) is 2.89. The average molecular weight is 249 g/mol. The van der Waals surface area contributed by atoms with Crippen molar-refractivity contribution >= 4 is 11.8 Å². The third-order valence-electron chi connectivity index (χ3n) is 3.27. The lowest BCUT2D eigenvalue weighted by Crippen LogP contribution is -2.24. The average Bonchev–Trinajstić information content (AvgIpc) is 2.78. The maximum atomic E-state index is 3.68. The van der Waals surface area contributed by atoms with E-state index in [1.807, 2.05) is 11.8 Å². The second-order valence-corrected chi connectivity index (χ2v) is 6.46. The normalized spacial score (nSPS) is 24.5. The van der Waals surface area contributed by atoms with Crippen LogP contribution < -0.4 is 5.32 Å². The molecule has 2 heteroatoms. The smallest absolute Gasteiger partial charge is 0.0792 e. The fourth-order valence-corrected chi connectivity index (χ4v) is 3.65. The van der Waals surface area contributed by atoms with E-state index < -0.39 is 0 Å². The fraction of sp³-hybridized carbons (Fsp3) is 0.600. The van der Waals surface area contributed by atoms with E-state index in [0.29, 0.717) is 11.4 Å². The van der Waals surface area contributed by atoms with Gasteiger partial charge < -0.3 is 0 Å². The zero-order valence-corrected chi connectivity index (χ0v) is 11.9. The van der Waals surface area contributed by atoms with E-state index in [4.69, 9.17) is 0 Å². The third kappa shape index (κ3) is 3.49. The Morgan fingerprint density at radius 3 is 2.53 bits per heavy atom. The van der Waals surface area contributed by atoms with Gasteiger partial charge >= 0.3 is 0 Å². The molecule has 0 saturated carbocycles. The van der Waals surface area contributed by atoms with Crippen LogP contribution in [0.1, 0.15) is 43.7 Å². The highest BCUT2D eigenvalue weighted by atomic mass is 32.2. The molecular formula is C15H23NS. The maximum absolute atomic E-state index is 3.68. The van der Waals surface area contributed by atoms with Gasteiger partial charge in [-0.25, -0.2) is 0 Å². The summed E-state index contributed by atoms with van der Waals surface area (Å²) in [7, 11) is 0. The van der Waals surface area contributed by atoms with Gasteiger partial charge in [0.2, 0.25) is 0 Å². The molecule has 0 radical (unpaired) electrons. The first-order valence-electron chi connectivity index (χ1n) is 6.65. The Bertz CT molecular complexity index is 344. The first-order chi connectivity index (χ1) is 8.19. The first kappa shape index (κ1) is 13.0. The van der Waals surface area contributed by atoms with Crippen molar-refractivity contribution in [3.05, 3.63) is 35.4 Å². The number of rotatable bonds is 4. The van der Waals surface area contributed by atoms with Gasteiger partial charge in [-0.05, 0) is 29.9 Å². The van der Waals surface area contributed by atoms with Crippen molar-refractivity contribution in [2.75, 3.05) is 5.75 Å². The third-order valence-corrected chi connectivity index (χ3v) is 4.61. The molecule has 0 aliphatic carbocycles. The Hall–Kier alpha value is -0.470. The molecule has 2 rings (SSSR count). The van der Waals surface area contributed by atoms with Gasteiger partial charge in [-0.15, -0.1) is 11.8 Å². The fourth-order valence-electron chi connectivity index (χ4n) is 2.25. The molecule has 1 fully saturated rings. The molecule has 1 saturated heterocycles. The van der Waals surface area contributed by atoms with E-state index in [2.05, 4.69) is 50.4 Å². The maximum Gasteiger partial charge on any atom is 0.0792 e. The van der Waals surface area contributed by atoms with Gasteiger partial charge in [0.25, 0.3) is 0 Å². The van der Waals surface area contributed by atoms with Gasteiger partial charge in [0.1, 0.15) is 0 Å². The minimum Gasteiger partial charge on any atom is -0.298 e. The van der Waals surface area contributed by atoms with Crippen LogP contribution in [0.2, 0.25) is 0 Å². The van der Waals surface area contributed by atoms with Crippen LogP contribution in [0.5, 0.6) is 0 Å². The first-order valence-corrected chi connectivity index (χ1v) is 7.70. The van der Waals surface area contributed by atoms with Crippen molar-refractivity contribution in [3.8, 4) is 0 Å². The van der Waals surface area contributed by atoms with E-state index in [1.165, 1.54) is 29.7 Å². The molecule has 1 aromatic rings. The highest BCUT2D eigenvalue weighted by molar-refractivity contribution is 7.99. The van der Waals surface area contributed by atoms with Gasteiger partial charge in [0, 0.05) is 11.8 Å². The van der Waals surface area contributed by atoms with E-state index in [-0.39, 0.29) is 0 Å². The van der Waals surface area contributed by atoms with Crippen LogP contribution in [-0.2, 0) is 6.42 Å². The molecular weight excluding hydrogens is 226 g/mol. The lowest BCUT2D eigenvalue weighted by Gasteiger charge is -2.13. The van der Waals surface area contributed by atoms with Crippen molar-refractivity contribution in [1.29, 1.82) is 0 Å². The summed E-state index contributed by atoms with van der Waals surface area (Å²) < 4.78 is 0. The van der Waals surface area contributed by atoms with E-state index in [1.54, 1.807) is 0 Å². The van der Waals surface area contributed by atoms with E-state index in [0.717, 1.165) is 5.92 Å². The lowest BCUT2D eigenvalue weighted by atomic mass is 10.0. The molecule has 2 atom stereocenters. The van der Waals surface area contributed by atoms with Crippen molar-refractivity contribution in [3.63, 3.8) is 0 Å². The van der Waals surface area contributed by atoms with Crippen molar-refractivity contribution < 1.29 is 0 Å². The Morgan fingerprint density at radius 1 is 1.29 bits per heavy atom. The summed E-state index contributed by atoms with van der Waals surface area (Å²) in [5, 5.41) is 4.19. The summed E-state index contributed by atoms with van der Waals surface area (Å²) in [5.74, 6) is 1.99. The zero-order chi connectivity index (χ0) is 12.3. The molecule has 0 bridgehead atoms. The van der Waals surface area contributed by atoms with E-state index >= 15 is 0 Å². The van der Waals surface area contributed by atoms with Crippen LogP contribution in [0, 0.1) is 5.92 Å². The van der Waals surface area contributed by atoms with Crippen LogP contribution in [0.3, 0.4) is 0 Å². The second kappa shape index (κ2) is 5.92. The number of thioether (sulfide) groups is 1. The Kier molecular flexibility index (Phi) is 4.52. The summed E-state index contributed by atoms with van der Waals surface area (Å²) in [6.45, 7) is 6.80. The highest BCUT2D eigenvalue weighted by Gasteiger charge is 2.23. The standard InChI is InChI=1S/C15H23NS/c1-4-14-10-17-15(16-14)13-7-5-12(6-8-13)9-11(2)3/h5-8,11,14-16H,4,9-10H2,1-3H3. The summed E-state index contributed by atoms with van der Waals surface area (Å²) in [6, 6.07) is 9.86. The molecule has 1 N–H and O–H groups in total. The quantitative estimate of drug-likeness (QED) is 0.865. The number of benzene rings is 1. The van der Waals surface area contributed by atoms with Crippen LogP contribution in [-0.4, -0.2) is 11.8 Å². The predicted molar refractivity (Wildman–Crippen MR) is 77.4 cm³/mol.